The van der Waals surface area contributed by atoms with E-state index in [-0.39, 0.29) is 58.8 Å². The first-order valence-corrected chi connectivity index (χ1v) is 14.6. The summed E-state index contributed by atoms with van der Waals surface area (Å²) < 4.78 is 10.8. The molecule has 0 spiro atoms. The van der Waals surface area contributed by atoms with Crippen LogP contribution < -0.4 is 5.73 Å². The fourth-order valence-corrected chi connectivity index (χ4v) is 9.77. The normalized spacial score (nSPS) is 44.4. The summed E-state index contributed by atoms with van der Waals surface area (Å²) in [6.07, 6.45) is 10.8. The summed E-state index contributed by atoms with van der Waals surface area (Å²) in [7, 11) is 1.88. The molecule has 1 aliphatic heterocycles. The van der Waals surface area contributed by atoms with E-state index in [0.717, 1.165) is 77.2 Å². The first-order valence-electron chi connectivity index (χ1n) is 14.6. The number of fused-ring (bicyclic) bond motifs is 5. The molecular formula is C29H48ClN3O5. The summed E-state index contributed by atoms with van der Waals surface area (Å²) in [5, 5.41) is 3.88. The van der Waals surface area contributed by atoms with Crippen molar-refractivity contribution in [2.24, 2.45) is 40.2 Å². The third-order valence-corrected chi connectivity index (χ3v) is 11.9. The summed E-state index contributed by atoms with van der Waals surface area (Å²) >= 11 is 0. The van der Waals surface area contributed by atoms with E-state index in [1.54, 1.807) is 0 Å². The highest BCUT2D eigenvalue weighted by Crippen LogP contribution is 2.68. The van der Waals surface area contributed by atoms with Gasteiger partial charge in [0, 0.05) is 32.0 Å². The van der Waals surface area contributed by atoms with Gasteiger partial charge in [0.15, 0.2) is 0 Å². The van der Waals surface area contributed by atoms with Crippen LogP contribution in [0.15, 0.2) is 0 Å². The van der Waals surface area contributed by atoms with Crippen LogP contribution in [0.2, 0.25) is 0 Å². The van der Waals surface area contributed by atoms with E-state index in [9.17, 15) is 14.4 Å². The lowest BCUT2D eigenvalue weighted by Crippen LogP contribution is -2.67. The average molecular weight is 554 g/mol. The second-order valence-corrected chi connectivity index (χ2v) is 13.4. The molecule has 9 heteroatoms. The molecule has 1 unspecified atom stereocenters. The highest BCUT2D eigenvalue weighted by molar-refractivity contribution is 5.85. The fraction of sp³-hybridized carbons (Fsp3) is 0.897. The summed E-state index contributed by atoms with van der Waals surface area (Å²) in [6.45, 7) is 8.21. The first kappa shape index (κ1) is 29.6. The Bertz CT molecular complexity index is 921. The van der Waals surface area contributed by atoms with Gasteiger partial charge in [-0.05, 0) is 99.2 Å². The molecular weight excluding hydrogens is 506 g/mol. The number of nitrogens with two attached hydrogens (primary N) is 1. The lowest BCUT2D eigenvalue weighted by Gasteiger charge is -2.64. The molecule has 0 aromatic heterocycles. The third kappa shape index (κ3) is 4.66. The average Bonchev–Trinajstić information content (AvgIpc) is 3.14. The van der Waals surface area contributed by atoms with Crippen molar-refractivity contribution >= 4 is 30.8 Å². The number of carbonyl (C=O) groups is 3. The van der Waals surface area contributed by atoms with Crippen molar-refractivity contribution in [2.75, 3.05) is 20.1 Å². The van der Waals surface area contributed by atoms with Crippen molar-refractivity contribution in [3.05, 3.63) is 0 Å². The predicted molar refractivity (Wildman–Crippen MR) is 146 cm³/mol. The zero-order valence-corrected chi connectivity index (χ0v) is 24.5. The number of halogens is 1. The molecule has 2 N–H and O–H groups in total. The van der Waals surface area contributed by atoms with Crippen molar-refractivity contribution in [1.82, 2.24) is 10.0 Å². The molecule has 38 heavy (non-hydrogen) atoms. The van der Waals surface area contributed by atoms with Gasteiger partial charge in [0.1, 0.15) is 12.2 Å². The van der Waals surface area contributed by atoms with Crippen LogP contribution >= 0.6 is 12.4 Å². The highest BCUT2D eigenvalue weighted by Gasteiger charge is 2.67. The molecule has 4 saturated carbocycles. The highest BCUT2D eigenvalue weighted by atomic mass is 35.5. The Hall–Kier alpha value is -1.38. The number of rotatable bonds is 5. The van der Waals surface area contributed by atoms with Gasteiger partial charge in [-0.15, -0.1) is 12.4 Å². The third-order valence-electron chi connectivity index (χ3n) is 11.9. The molecule has 216 valence electrons. The fourth-order valence-electron chi connectivity index (χ4n) is 9.77. The summed E-state index contributed by atoms with van der Waals surface area (Å²) in [5.74, 6) is 1.40. The maximum absolute atomic E-state index is 14.0. The number of esters is 1. The van der Waals surface area contributed by atoms with E-state index < -0.39 is 0 Å². The largest absolute Gasteiger partial charge is 0.465 e. The molecule has 4 aliphatic carbocycles. The zero-order valence-electron chi connectivity index (χ0n) is 23.7. The minimum atomic E-state index is -0.330. The van der Waals surface area contributed by atoms with E-state index in [2.05, 4.69) is 18.9 Å². The van der Waals surface area contributed by atoms with Crippen molar-refractivity contribution in [3.63, 3.8) is 0 Å². The quantitative estimate of drug-likeness (QED) is 0.404. The molecule has 0 aromatic carbocycles. The van der Waals surface area contributed by atoms with Gasteiger partial charge >= 0.3 is 5.97 Å². The van der Waals surface area contributed by atoms with Crippen LogP contribution in [-0.4, -0.2) is 66.3 Å². The molecule has 0 bridgehead atoms. The Morgan fingerprint density at radius 3 is 2.47 bits per heavy atom. The lowest BCUT2D eigenvalue weighted by molar-refractivity contribution is -0.172. The smallest absolute Gasteiger partial charge is 0.302 e. The molecule has 5 rings (SSSR count). The molecule has 9 atom stereocenters. The second-order valence-electron chi connectivity index (χ2n) is 13.4. The topological polar surface area (TPSA) is 102 Å². The second kappa shape index (κ2) is 10.9. The minimum Gasteiger partial charge on any atom is -0.465 e. The molecule has 1 heterocycles. The van der Waals surface area contributed by atoms with Crippen LogP contribution in [0.5, 0.6) is 0 Å². The van der Waals surface area contributed by atoms with Gasteiger partial charge in [0.2, 0.25) is 5.91 Å². The van der Waals surface area contributed by atoms with Crippen molar-refractivity contribution < 1.29 is 23.9 Å². The van der Waals surface area contributed by atoms with Crippen LogP contribution in [-0.2, 0) is 23.9 Å². The van der Waals surface area contributed by atoms with E-state index in [1.165, 1.54) is 6.92 Å². The SMILES string of the molecule is CC(=O)O[C@@H]1CCCN(N(C)C(=O)[C@H]2CC[C@]3(N)[C@@H]4CC[C@@H]5CC(OC=O)CC[C@]5(C)[C@H]4CC[C@]23C)C1.Cl. The van der Waals surface area contributed by atoms with Crippen molar-refractivity contribution in [1.29, 1.82) is 0 Å². The first-order chi connectivity index (χ1) is 17.5. The van der Waals surface area contributed by atoms with Crippen molar-refractivity contribution in [2.45, 2.75) is 109 Å². The zero-order chi connectivity index (χ0) is 26.6. The minimum absolute atomic E-state index is 0. The number of hydrogen-bond acceptors (Lipinski definition) is 7. The molecule has 0 radical (unpaired) electrons. The Kier molecular flexibility index (Phi) is 8.48. The number of hydrazine groups is 1. The van der Waals surface area contributed by atoms with Gasteiger partial charge < -0.3 is 15.2 Å². The Morgan fingerprint density at radius 1 is 1.00 bits per heavy atom. The predicted octanol–water partition coefficient (Wildman–Crippen LogP) is 4.09. The summed E-state index contributed by atoms with van der Waals surface area (Å²) in [5.41, 5.74) is 7.17. The number of nitrogens with zero attached hydrogens (tertiary/aromatic N) is 2. The van der Waals surface area contributed by atoms with Crippen LogP contribution in [0.1, 0.15) is 91.4 Å². The maximum atomic E-state index is 14.0. The van der Waals surface area contributed by atoms with Crippen LogP contribution in [0.4, 0.5) is 0 Å². The van der Waals surface area contributed by atoms with E-state index in [0.29, 0.717) is 30.8 Å². The maximum Gasteiger partial charge on any atom is 0.302 e. The van der Waals surface area contributed by atoms with Crippen LogP contribution in [0, 0.1) is 34.5 Å². The molecule has 5 fully saturated rings. The number of piperidine rings is 1. The number of carbonyl (C=O) groups excluding carboxylic acids is 3. The standard InChI is InChI=1S/C29H47N3O5.ClH/c1-19(34)37-22-6-5-15-32(17-22)31(4)26(35)25-11-14-29(30)24-8-7-20-16-21(36-18-33)9-12-27(20,2)23(24)10-13-28(25,29)3;/h18,20-25H,5-17,30H2,1-4H3;1H/t20-,21?,22-,23+,24-,25-,27+,28-,29+;/m1./s1. The Labute approximate surface area is 234 Å². The number of ether oxygens (including phenoxy) is 2. The van der Waals surface area contributed by atoms with Crippen LogP contribution in [0.3, 0.4) is 0 Å². The summed E-state index contributed by atoms with van der Waals surface area (Å²) in [4.78, 5) is 36.4. The van der Waals surface area contributed by atoms with E-state index >= 15 is 0 Å². The molecule has 1 saturated heterocycles. The summed E-state index contributed by atoms with van der Waals surface area (Å²) in [6, 6.07) is 0. The number of hydrogen-bond donors (Lipinski definition) is 1. The monoisotopic (exact) mass is 553 g/mol. The van der Waals surface area contributed by atoms with E-state index in [4.69, 9.17) is 15.2 Å². The van der Waals surface area contributed by atoms with Crippen LogP contribution in [0.25, 0.3) is 0 Å². The van der Waals surface area contributed by atoms with Gasteiger partial charge in [-0.2, -0.15) is 0 Å². The van der Waals surface area contributed by atoms with Gasteiger partial charge in [-0.25, -0.2) is 5.01 Å². The molecule has 8 nitrogen and oxygen atoms in total. The molecule has 1 amide bonds. The van der Waals surface area contributed by atoms with Crippen molar-refractivity contribution in [3.8, 4) is 0 Å². The van der Waals surface area contributed by atoms with Gasteiger partial charge in [0.05, 0.1) is 6.54 Å². The van der Waals surface area contributed by atoms with Gasteiger partial charge in [-0.1, -0.05) is 13.8 Å². The lowest BCUT2D eigenvalue weighted by atomic mass is 9.42. The molecule has 0 aromatic rings. The number of amides is 1. The van der Waals surface area contributed by atoms with E-state index in [1.807, 2.05) is 12.1 Å². The van der Waals surface area contributed by atoms with Gasteiger partial charge in [-0.3, -0.25) is 19.4 Å². The molecule has 5 aliphatic rings. The van der Waals surface area contributed by atoms with Gasteiger partial charge in [0.25, 0.3) is 6.47 Å². The Morgan fingerprint density at radius 2 is 1.76 bits per heavy atom. The Balaban J connectivity index is 0.00000336.